The first kappa shape index (κ1) is 22.1. The molecular weight excluding hydrogens is 426 g/mol. The van der Waals surface area contributed by atoms with Gasteiger partial charge in [-0.25, -0.2) is 9.97 Å². The van der Waals surface area contributed by atoms with Gasteiger partial charge < -0.3 is 20.3 Å². The van der Waals surface area contributed by atoms with Gasteiger partial charge in [-0.05, 0) is 74.3 Å². The Labute approximate surface area is 199 Å². The number of carbonyl (C=O) groups excluding carboxylic acids is 1. The third-order valence-corrected chi connectivity index (χ3v) is 6.03. The average Bonchev–Trinajstić information content (AvgIpc) is 3.37. The summed E-state index contributed by atoms with van der Waals surface area (Å²) in [6.07, 6.45) is 9.06. The van der Waals surface area contributed by atoms with E-state index in [1.54, 1.807) is 6.20 Å². The van der Waals surface area contributed by atoms with E-state index in [1.165, 1.54) is 12.8 Å². The van der Waals surface area contributed by atoms with Gasteiger partial charge in [-0.3, -0.25) is 4.79 Å². The maximum atomic E-state index is 12.9. The first-order valence-corrected chi connectivity index (χ1v) is 11.9. The van der Waals surface area contributed by atoms with Crippen LogP contribution in [0.15, 0.2) is 60.8 Å². The third kappa shape index (κ3) is 5.61. The zero-order chi connectivity index (χ0) is 23.2. The van der Waals surface area contributed by atoms with Crippen LogP contribution in [0.1, 0.15) is 35.2 Å². The number of ether oxygens (including phenoxy) is 1. The van der Waals surface area contributed by atoms with Crippen molar-refractivity contribution in [1.29, 1.82) is 0 Å². The normalized spacial score (nSPS) is 15.5. The van der Waals surface area contributed by atoms with Crippen molar-refractivity contribution < 1.29 is 9.53 Å². The zero-order valence-electron chi connectivity index (χ0n) is 19.2. The molecule has 0 saturated carbocycles. The number of hydrogen-bond acceptors (Lipinski definition) is 6. The van der Waals surface area contributed by atoms with Crippen LogP contribution in [0.4, 0.5) is 11.6 Å². The van der Waals surface area contributed by atoms with Gasteiger partial charge in [-0.1, -0.05) is 24.3 Å². The molecule has 2 aliphatic rings. The number of carbonyl (C=O) groups is 1. The summed E-state index contributed by atoms with van der Waals surface area (Å²) in [6, 6.07) is 15.5. The van der Waals surface area contributed by atoms with Crippen molar-refractivity contribution in [1.82, 2.24) is 20.2 Å². The van der Waals surface area contributed by atoms with Crippen LogP contribution < -0.4 is 15.4 Å². The number of nitrogens with one attached hydrogen (secondary N) is 2. The summed E-state index contributed by atoms with van der Waals surface area (Å²) in [5.74, 6) is 1.20. The smallest absolute Gasteiger partial charge is 0.251 e. The van der Waals surface area contributed by atoms with Crippen molar-refractivity contribution in [3.05, 3.63) is 71.9 Å². The number of fused-ring (bicyclic) bond motifs is 7. The molecule has 7 nitrogen and oxygen atoms in total. The predicted molar refractivity (Wildman–Crippen MR) is 134 cm³/mol. The molecule has 0 atom stereocenters. The maximum Gasteiger partial charge on any atom is 0.251 e. The molecule has 2 aliphatic heterocycles. The highest BCUT2D eigenvalue weighted by atomic mass is 16.5. The number of likely N-dealkylation sites (tertiary alicyclic amines) is 1. The topological polar surface area (TPSA) is 79.4 Å². The highest BCUT2D eigenvalue weighted by Gasteiger charge is 2.13. The van der Waals surface area contributed by atoms with E-state index < -0.39 is 0 Å². The van der Waals surface area contributed by atoms with Crippen LogP contribution >= 0.6 is 0 Å². The standard InChI is InChI=1S/C27H29N5O2/c33-26(28-11-14-32-12-2-3-13-32)22-16-20-6-1-4-15-34-24-8-5-7-21(19-24)25-9-10-29-27(31-25)30-23(17-20)18-22/h1,5-10,16-19H,2-4,11-15H2,(H,28,33)(H,29,30,31). The third-order valence-electron chi connectivity index (χ3n) is 6.03. The molecule has 2 N–H and O–H groups in total. The largest absolute Gasteiger partial charge is 0.493 e. The molecular formula is C27H29N5O2. The number of rotatable bonds is 4. The summed E-state index contributed by atoms with van der Waals surface area (Å²) < 4.78 is 5.92. The van der Waals surface area contributed by atoms with Gasteiger partial charge in [0.1, 0.15) is 5.75 Å². The van der Waals surface area contributed by atoms with Gasteiger partial charge in [0.05, 0.1) is 12.3 Å². The van der Waals surface area contributed by atoms with Gasteiger partial charge in [-0.2, -0.15) is 0 Å². The predicted octanol–water partition coefficient (Wildman–Crippen LogP) is 4.51. The first-order valence-electron chi connectivity index (χ1n) is 11.9. The molecule has 0 unspecified atom stereocenters. The monoisotopic (exact) mass is 455 g/mol. The lowest BCUT2D eigenvalue weighted by molar-refractivity contribution is 0.0949. The highest BCUT2D eigenvalue weighted by Crippen LogP contribution is 2.25. The van der Waals surface area contributed by atoms with Crippen LogP contribution in [0, 0.1) is 0 Å². The SMILES string of the molecule is O=C(NCCN1CCCC1)c1cc2cc(c1)Nc1nccc(n1)-c1cccc(c1)OCCC=C2. The fraction of sp³-hybridized carbons (Fsp3) is 0.296. The van der Waals surface area contributed by atoms with Crippen LogP contribution in [0.25, 0.3) is 17.3 Å². The minimum Gasteiger partial charge on any atom is -0.493 e. The van der Waals surface area contributed by atoms with Crippen molar-refractivity contribution in [2.24, 2.45) is 0 Å². The lowest BCUT2D eigenvalue weighted by Crippen LogP contribution is -2.33. The van der Waals surface area contributed by atoms with E-state index in [1.807, 2.05) is 54.6 Å². The van der Waals surface area contributed by atoms with Crippen molar-refractivity contribution in [2.45, 2.75) is 19.3 Å². The van der Waals surface area contributed by atoms with Gasteiger partial charge in [0.2, 0.25) is 5.95 Å². The molecule has 174 valence electrons. The molecule has 2 aromatic carbocycles. The molecule has 6 bridgehead atoms. The molecule has 3 aromatic rings. The second-order valence-electron chi connectivity index (χ2n) is 8.61. The number of benzene rings is 2. The van der Waals surface area contributed by atoms with Crippen LogP contribution in [-0.4, -0.2) is 53.6 Å². The molecule has 1 aromatic heterocycles. The van der Waals surface area contributed by atoms with E-state index in [9.17, 15) is 4.79 Å². The fourth-order valence-electron chi connectivity index (χ4n) is 4.31. The van der Waals surface area contributed by atoms with Gasteiger partial charge in [-0.15, -0.1) is 0 Å². The Balaban J connectivity index is 1.40. The van der Waals surface area contributed by atoms with Crippen LogP contribution in [-0.2, 0) is 0 Å². The summed E-state index contributed by atoms with van der Waals surface area (Å²) >= 11 is 0. The number of aromatic nitrogens is 2. The van der Waals surface area contributed by atoms with E-state index in [0.29, 0.717) is 24.7 Å². The second kappa shape index (κ2) is 10.5. The van der Waals surface area contributed by atoms with E-state index in [0.717, 1.165) is 54.3 Å². The number of nitrogens with zero attached hydrogens (tertiary/aromatic N) is 3. The molecule has 0 spiro atoms. The minimum atomic E-state index is -0.0792. The Morgan fingerprint density at radius 1 is 1.12 bits per heavy atom. The number of anilines is 2. The highest BCUT2D eigenvalue weighted by molar-refractivity contribution is 5.96. The molecule has 1 amide bonds. The van der Waals surface area contributed by atoms with Crippen molar-refractivity contribution in [3.8, 4) is 17.0 Å². The molecule has 1 fully saturated rings. The number of amides is 1. The van der Waals surface area contributed by atoms with Crippen molar-refractivity contribution in [3.63, 3.8) is 0 Å². The first-order chi connectivity index (χ1) is 16.7. The van der Waals surface area contributed by atoms with Crippen molar-refractivity contribution >= 4 is 23.6 Å². The van der Waals surface area contributed by atoms with Crippen molar-refractivity contribution in [2.75, 3.05) is 38.1 Å². The van der Waals surface area contributed by atoms with Crippen LogP contribution in [0.3, 0.4) is 0 Å². The summed E-state index contributed by atoms with van der Waals surface area (Å²) in [6.45, 7) is 4.34. The Morgan fingerprint density at radius 2 is 2.03 bits per heavy atom. The Kier molecular flexibility index (Phi) is 6.81. The lowest BCUT2D eigenvalue weighted by Gasteiger charge is -2.15. The Morgan fingerprint density at radius 3 is 2.94 bits per heavy atom. The second-order valence-corrected chi connectivity index (χ2v) is 8.61. The molecule has 34 heavy (non-hydrogen) atoms. The van der Waals surface area contributed by atoms with Gasteiger partial charge in [0, 0.05) is 36.1 Å². The quantitative estimate of drug-likeness (QED) is 0.603. The number of hydrogen-bond donors (Lipinski definition) is 2. The summed E-state index contributed by atoms with van der Waals surface area (Å²) in [5.41, 5.74) is 4.06. The molecule has 0 aliphatic carbocycles. The van der Waals surface area contributed by atoms with E-state index in [4.69, 9.17) is 4.74 Å². The minimum absolute atomic E-state index is 0.0792. The summed E-state index contributed by atoms with van der Waals surface area (Å²) in [5, 5.41) is 6.35. The zero-order valence-corrected chi connectivity index (χ0v) is 19.2. The summed E-state index contributed by atoms with van der Waals surface area (Å²) in [7, 11) is 0. The van der Waals surface area contributed by atoms with Gasteiger partial charge in [0.15, 0.2) is 0 Å². The van der Waals surface area contributed by atoms with Crippen LogP contribution in [0.5, 0.6) is 5.75 Å². The molecule has 0 radical (unpaired) electrons. The molecule has 1 saturated heterocycles. The molecule has 5 rings (SSSR count). The lowest BCUT2D eigenvalue weighted by atomic mass is 10.1. The maximum absolute atomic E-state index is 12.9. The van der Waals surface area contributed by atoms with Gasteiger partial charge in [0.25, 0.3) is 5.91 Å². The molecule has 7 heteroatoms. The fourth-order valence-corrected chi connectivity index (χ4v) is 4.31. The van der Waals surface area contributed by atoms with E-state index in [2.05, 4.69) is 31.6 Å². The summed E-state index contributed by atoms with van der Waals surface area (Å²) in [4.78, 5) is 24.4. The average molecular weight is 456 g/mol. The van der Waals surface area contributed by atoms with E-state index in [-0.39, 0.29) is 5.91 Å². The van der Waals surface area contributed by atoms with Crippen LogP contribution in [0.2, 0.25) is 0 Å². The van der Waals surface area contributed by atoms with Gasteiger partial charge >= 0.3 is 0 Å². The molecule has 3 heterocycles. The Hall–Kier alpha value is -3.71. The Bertz CT molecular complexity index is 1190. The van der Waals surface area contributed by atoms with E-state index >= 15 is 0 Å².